The first kappa shape index (κ1) is 21.2. The molecule has 2 aliphatic rings. The van der Waals surface area contributed by atoms with Crippen LogP contribution in [0.5, 0.6) is 0 Å². The second-order valence-electron chi connectivity index (χ2n) is 7.14. The Balaban J connectivity index is 0.00000243. The van der Waals surface area contributed by atoms with Gasteiger partial charge in [0.2, 0.25) is 0 Å². The van der Waals surface area contributed by atoms with Crippen molar-refractivity contribution in [2.75, 3.05) is 26.7 Å². The van der Waals surface area contributed by atoms with Gasteiger partial charge in [0.05, 0.1) is 5.60 Å². The molecule has 0 radical (unpaired) electrons. The van der Waals surface area contributed by atoms with Crippen LogP contribution in [0.2, 0.25) is 0 Å². The molecule has 1 atom stereocenters. The first-order valence-electron chi connectivity index (χ1n) is 9.36. The maximum Gasteiger partial charge on any atom is 0.345 e. The minimum Gasteiger partial charge on any atom is -0.373 e. The number of aryl methyl sites for hydroxylation is 2. The quantitative estimate of drug-likeness (QED) is 0.277. The summed E-state index contributed by atoms with van der Waals surface area (Å²) in [5.74, 6) is 1.71. The van der Waals surface area contributed by atoms with Gasteiger partial charge in [0, 0.05) is 46.3 Å². The van der Waals surface area contributed by atoms with E-state index in [0.29, 0.717) is 6.54 Å². The van der Waals surface area contributed by atoms with Crippen LogP contribution in [-0.2, 0) is 24.2 Å². The first-order chi connectivity index (χ1) is 12.1. The molecule has 148 valence electrons. The average Bonchev–Trinajstić information content (AvgIpc) is 3.19. The summed E-state index contributed by atoms with van der Waals surface area (Å²) in [4.78, 5) is 16.5. The number of guanidine groups is 1. The highest BCUT2D eigenvalue weighted by Gasteiger charge is 2.29. The van der Waals surface area contributed by atoms with Gasteiger partial charge in [0.25, 0.3) is 0 Å². The van der Waals surface area contributed by atoms with E-state index in [0.717, 1.165) is 76.6 Å². The molecular weight excluding hydrogens is 447 g/mol. The molecule has 0 aromatic carbocycles. The molecule has 8 nitrogen and oxygen atoms in total. The molecule has 2 aliphatic heterocycles. The standard InChI is InChI=1S/C17H30N6O2.HI/c1-17(8-5-12-25-17)13-20-15(18-2)19-9-6-11-23-16(24)22-10-4-3-7-14(22)21-23;/h3-13H2,1-2H3,(H2,18,19,20);1H. The number of nitrogens with one attached hydrogen (secondary N) is 2. The summed E-state index contributed by atoms with van der Waals surface area (Å²) >= 11 is 0. The van der Waals surface area contributed by atoms with Gasteiger partial charge < -0.3 is 15.4 Å². The van der Waals surface area contributed by atoms with Crippen molar-refractivity contribution in [3.63, 3.8) is 0 Å². The Kier molecular flexibility index (Phi) is 7.93. The molecule has 0 aliphatic carbocycles. The van der Waals surface area contributed by atoms with Crippen LogP contribution >= 0.6 is 24.0 Å². The fraction of sp³-hybridized carbons (Fsp3) is 0.824. The van der Waals surface area contributed by atoms with Crippen LogP contribution in [0.15, 0.2) is 9.79 Å². The minimum absolute atomic E-state index is 0. The normalized spacial score (nSPS) is 22.6. The van der Waals surface area contributed by atoms with Gasteiger partial charge in [-0.2, -0.15) is 5.10 Å². The number of rotatable bonds is 6. The molecule has 0 amide bonds. The van der Waals surface area contributed by atoms with E-state index in [2.05, 4.69) is 27.6 Å². The van der Waals surface area contributed by atoms with Crippen molar-refractivity contribution in [1.82, 2.24) is 25.0 Å². The van der Waals surface area contributed by atoms with Crippen LogP contribution in [0.3, 0.4) is 0 Å². The SMILES string of the molecule is CN=C(NCCCn1nc2n(c1=O)CCCC2)NCC1(C)CCCO1.I. The van der Waals surface area contributed by atoms with E-state index in [4.69, 9.17) is 4.74 Å². The number of ether oxygens (including phenoxy) is 1. The lowest BCUT2D eigenvalue weighted by Crippen LogP contribution is -2.45. The van der Waals surface area contributed by atoms with E-state index in [1.54, 1.807) is 11.7 Å². The monoisotopic (exact) mass is 478 g/mol. The number of fused-ring (bicyclic) bond motifs is 1. The number of nitrogens with zero attached hydrogens (tertiary/aromatic N) is 4. The molecule has 2 N–H and O–H groups in total. The van der Waals surface area contributed by atoms with E-state index in [1.165, 1.54) is 0 Å². The highest BCUT2D eigenvalue weighted by Crippen LogP contribution is 2.23. The molecular formula is C17H31IN6O2. The summed E-state index contributed by atoms with van der Waals surface area (Å²) in [6, 6.07) is 0. The Morgan fingerprint density at radius 2 is 2.19 bits per heavy atom. The van der Waals surface area contributed by atoms with Crippen molar-refractivity contribution < 1.29 is 4.74 Å². The molecule has 0 spiro atoms. The van der Waals surface area contributed by atoms with Gasteiger partial charge in [0.15, 0.2) is 5.96 Å². The van der Waals surface area contributed by atoms with Gasteiger partial charge in [-0.15, -0.1) is 24.0 Å². The van der Waals surface area contributed by atoms with Crippen molar-refractivity contribution in [2.24, 2.45) is 4.99 Å². The third-order valence-electron chi connectivity index (χ3n) is 5.02. The predicted octanol–water partition coefficient (Wildman–Crippen LogP) is 1.12. The van der Waals surface area contributed by atoms with Crippen LogP contribution in [0, 0.1) is 0 Å². The number of aromatic nitrogens is 3. The average molecular weight is 478 g/mol. The summed E-state index contributed by atoms with van der Waals surface area (Å²) in [5, 5.41) is 11.1. The third-order valence-corrected chi connectivity index (χ3v) is 5.02. The second kappa shape index (κ2) is 9.72. The zero-order valence-corrected chi connectivity index (χ0v) is 18.1. The highest BCUT2D eigenvalue weighted by molar-refractivity contribution is 14.0. The summed E-state index contributed by atoms with van der Waals surface area (Å²) in [6.45, 7) is 5.90. The Bertz CT molecular complexity index is 663. The third kappa shape index (κ3) is 5.21. The summed E-state index contributed by atoms with van der Waals surface area (Å²) in [5.41, 5.74) is -0.0658. The number of hydrogen-bond donors (Lipinski definition) is 2. The highest BCUT2D eigenvalue weighted by atomic mass is 127. The Morgan fingerprint density at radius 3 is 2.88 bits per heavy atom. The van der Waals surface area contributed by atoms with Crippen molar-refractivity contribution in [2.45, 2.75) is 64.1 Å². The van der Waals surface area contributed by atoms with Crippen LogP contribution < -0.4 is 16.3 Å². The fourth-order valence-electron chi connectivity index (χ4n) is 3.50. The summed E-state index contributed by atoms with van der Waals surface area (Å²) in [7, 11) is 1.76. The molecule has 3 rings (SSSR count). The Hall–Kier alpha value is -1.10. The van der Waals surface area contributed by atoms with E-state index in [-0.39, 0.29) is 35.3 Å². The van der Waals surface area contributed by atoms with Crippen LogP contribution in [0.1, 0.15) is 44.9 Å². The summed E-state index contributed by atoms with van der Waals surface area (Å²) in [6.07, 6.45) is 6.13. The molecule has 1 fully saturated rings. The zero-order valence-electron chi connectivity index (χ0n) is 15.8. The molecule has 1 saturated heterocycles. The molecule has 1 aromatic rings. The molecule has 0 bridgehead atoms. The maximum atomic E-state index is 12.3. The molecule has 1 aromatic heterocycles. The van der Waals surface area contributed by atoms with Crippen molar-refractivity contribution in [3.05, 3.63) is 16.3 Å². The van der Waals surface area contributed by atoms with E-state index >= 15 is 0 Å². The fourth-order valence-corrected chi connectivity index (χ4v) is 3.50. The van der Waals surface area contributed by atoms with Crippen molar-refractivity contribution in [3.8, 4) is 0 Å². The molecule has 0 saturated carbocycles. The number of hydrogen-bond acceptors (Lipinski definition) is 4. The van der Waals surface area contributed by atoms with Crippen LogP contribution in [0.4, 0.5) is 0 Å². The Labute approximate surface area is 171 Å². The first-order valence-corrected chi connectivity index (χ1v) is 9.36. The van der Waals surface area contributed by atoms with Gasteiger partial charge >= 0.3 is 5.69 Å². The smallest absolute Gasteiger partial charge is 0.345 e. The Morgan fingerprint density at radius 1 is 1.35 bits per heavy atom. The van der Waals surface area contributed by atoms with Crippen molar-refractivity contribution in [1.29, 1.82) is 0 Å². The van der Waals surface area contributed by atoms with Gasteiger partial charge in [-0.25, -0.2) is 9.48 Å². The molecule has 3 heterocycles. The second-order valence-corrected chi connectivity index (χ2v) is 7.14. The number of halogens is 1. The topological polar surface area (TPSA) is 85.5 Å². The van der Waals surface area contributed by atoms with E-state index in [9.17, 15) is 4.79 Å². The van der Waals surface area contributed by atoms with Crippen LogP contribution in [-0.4, -0.2) is 52.7 Å². The van der Waals surface area contributed by atoms with Gasteiger partial charge in [-0.3, -0.25) is 9.56 Å². The predicted molar refractivity (Wildman–Crippen MR) is 112 cm³/mol. The lowest BCUT2D eigenvalue weighted by molar-refractivity contribution is 0.0243. The zero-order chi connectivity index (χ0) is 17.7. The van der Waals surface area contributed by atoms with Gasteiger partial charge in [-0.1, -0.05) is 0 Å². The summed E-state index contributed by atoms with van der Waals surface area (Å²) < 4.78 is 9.20. The van der Waals surface area contributed by atoms with E-state index < -0.39 is 0 Å². The lowest BCUT2D eigenvalue weighted by atomic mass is 10.0. The van der Waals surface area contributed by atoms with Crippen molar-refractivity contribution >= 4 is 29.9 Å². The van der Waals surface area contributed by atoms with Crippen LogP contribution in [0.25, 0.3) is 0 Å². The molecule has 26 heavy (non-hydrogen) atoms. The minimum atomic E-state index is -0.0968. The maximum absolute atomic E-state index is 12.3. The van der Waals surface area contributed by atoms with Gasteiger partial charge in [-0.05, 0) is 39.0 Å². The number of aliphatic imine (C=N–C) groups is 1. The molecule has 9 heteroatoms. The largest absolute Gasteiger partial charge is 0.373 e. The lowest BCUT2D eigenvalue weighted by Gasteiger charge is -2.24. The van der Waals surface area contributed by atoms with E-state index in [1.807, 2.05) is 4.57 Å². The van der Waals surface area contributed by atoms with Gasteiger partial charge in [0.1, 0.15) is 5.82 Å². The molecule has 1 unspecified atom stereocenters.